The highest BCUT2D eigenvalue weighted by Gasteiger charge is 2.11. The van der Waals surface area contributed by atoms with E-state index in [1.54, 1.807) is 6.92 Å². The summed E-state index contributed by atoms with van der Waals surface area (Å²) in [6.07, 6.45) is 0. The maximum absolute atomic E-state index is 12.2. The number of carbonyl (C=O) groups excluding carboxylic acids is 2. The summed E-state index contributed by atoms with van der Waals surface area (Å²) in [4.78, 5) is 23.6. The normalized spacial score (nSPS) is 10.3. The van der Waals surface area contributed by atoms with E-state index in [-0.39, 0.29) is 11.7 Å². The van der Waals surface area contributed by atoms with Gasteiger partial charge in [0.05, 0.1) is 0 Å². The number of ketones is 1. The van der Waals surface area contributed by atoms with Crippen LogP contribution in [-0.2, 0) is 4.79 Å². The zero-order valence-electron chi connectivity index (χ0n) is 17.7. The van der Waals surface area contributed by atoms with Crippen molar-refractivity contribution in [3.63, 3.8) is 0 Å². The number of Topliss-reactive ketones (excluding diaryl/α,β-unsaturated/α-hetero) is 1. The number of esters is 1. The smallest absolute Gasteiger partial charge is 0.390 e. The maximum atomic E-state index is 12.2. The fourth-order valence-corrected chi connectivity index (χ4v) is 3.10. The van der Waals surface area contributed by atoms with E-state index in [2.05, 4.69) is 25.7 Å². The van der Waals surface area contributed by atoms with Gasteiger partial charge in [0.25, 0.3) is 0 Å². The number of rotatable bonds is 4. The molecule has 0 heterocycles. The molecule has 0 unspecified atom stereocenters. The first-order valence-corrected chi connectivity index (χ1v) is 9.89. The van der Waals surface area contributed by atoms with Crippen LogP contribution in [0.3, 0.4) is 0 Å². The summed E-state index contributed by atoms with van der Waals surface area (Å²) in [5.41, 5.74) is 5.45. The van der Waals surface area contributed by atoms with E-state index in [0.717, 1.165) is 27.8 Å². The van der Waals surface area contributed by atoms with Crippen LogP contribution in [-0.4, -0.2) is 11.8 Å². The summed E-state index contributed by atoms with van der Waals surface area (Å²) in [6.45, 7) is 7.63. The SMILES string of the molecule is CC(=O)c1ccc(-c2ccc(C#CC(=O)Oc3cc(C)ccc3C(C)C)cc2)cc1. The van der Waals surface area contributed by atoms with Crippen molar-refractivity contribution < 1.29 is 14.3 Å². The Morgan fingerprint density at radius 1 is 0.867 bits per heavy atom. The van der Waals surface area contributed by atoms with Crippen molar-refractivity contribution in [1.82, 2.24) is 0 Å². The molecular weight excluding hydrogens is 372 g/mol. The first-order valence-electron chi connectivity index (χ1n) is 9.89. The maximum Gasteiger partial charge on any atom is 0.390 e. The van der Waals surface area contributed by atoms with Crippen LogP contribution < -0.4 is 4.74 Å². The second-order valence-corrected chi connectivity index (χ2v) is 7.55. The minimum Gasteiger partial charge on any atom is -0.417 e. The third-order valence-corrected chi connectivity index (χ3v) is 4.81. The Balaban J connectivity index is 1.71. The molecule has 3 rings (SSSR count). The molecule has 0 aliphatic heterocycles. The number of aryl methyl sites for hydroxylation is 1. The molecule has 3 nitrogen and oxygen atoms in total. The molecule has 0 fully saturated rings. The Hall–Kier alpha value is -3.64. The molecule has 0 radical (unpaired) electrons. The second-order valence-electron chi connectivity index (χ2n) is 7.55. The summed E-state index contributed by atoms with van der Waals surface area (Å²) >= 11 is 0. The fraction of sp³-hybridized carbons (Fsp3) is 0.185. The van der Waals surface area contributed by atoms with Crippen LogP contribution in [0.2, 0.25) is 0 Å². The average molecular weight is 396 g/mol. The molecule has 0 atom stereocenters. The van der Waals surface area contributed by atoms with Gasteiger partial charge in [-0.25, -0.2) is 4.79 Å². The molecule has 0 aliphatic rings. The molecule has 0 spiro atoms. The average Bonchev–Trinajstić information content (AvgIpc) is 2.72. The van der Waals surface area contributed by atoms with Gasteiger partial charge in [0, 0.05) is 17.0 Å². The first-order chi connectivity index (χ1) is 14.3. The highest BCUT2D eigenvalue weighted by atomic mass is 16.5. The van der Waals surface area contributed by atoms with Gasteiger partial charge in [-0.15, -0.1) is 0 Å². The Morgan fingerprint density at radius 2 is 1.47 bits per heavy atom. The van der Waals surface area contributed by atoms with E-state index in [0.29, 0.717) is 11.3 Å². The summed E-state index contributed by atoms with van der Waals surface area (Å²) in [6, 6.07) is 20.9. The topological polar surface area (TPSA) is 43.4 Å². The largest absolute Gasteiger partial charge is 0.417 e. The number of ether oxygens (including phenoxy) is 1. The van der Waals surface area contributed by atoms with Gasteiger partial charge in [0.1, 0.15) is 5.75 Å². The molecule has 0 amide bonds. The van der Waals surface area contributed by atoms with E-state index in [9.17, 15) is 9.59 Å². The van der Waals surface area contributed by atoms with E-state index in [1.807, 2.05) is 73.7 Å². The summed E-state index contributed by atoms with van der Waals surface area (Å²) in [5, 5.41) is 0. The minimum absolute atomic E-state index is 0.0465. The number of hydrogen-bond acceptors (Lipinski definition) is 3. The number of hydrogen-bond donors (Lipinski definition) is 0. The lowest BCUT2D eigenvalue weighted by atomic mass is 10.0. The number of benzene rings is 3. The highest BCUT2D eigenvalue weighted by molar-refractivity contribution is 5.94. The zero-order chi connectivity index (χ0) is 21.7. The van der Waals surface area contributed by atoms with Crippen LogP contribution in [0.1, 0.15) is 53.7 Å². The van der Waals surface area contributed by atoms with Crippen LogP contribution >= 0.6 is 0 Å². The predicted molar refractivity (Wildman–Crippen MR) is 120 cm³/mol. The number of carbonyl (C=O) groups is 2. The van der Waals surface area contributed by atoms with Crippen molar-refractivity contribution in [1.29, 1.82) is 0 Å². The van der Waals surface area contributed by atoms with Crippen molar-refractivity contribution in [3.8, 4) is 28.7 Å². The molecule has 3 aromatic carbocycles. The second kappa shape index (κ2) is 9.24. The third kappa shape index (κ3) is 5.24. The van der Waals surface area contributed by atoms with E-state index >= 15 is 0 Å². The molecule has 150 valence electrons. The molecular formula is C27H24O3. The van der Waals surface area contributed by atoms with Crippen LogP contribution in [0.25, 0.3) is 11.1 Å². The van der Waals surface area contributed by atoms with Crippen molar-refractivity contribution in [2.24, 2.45) is 0 Å². The summed E-state index contributed by atoms with van der Waals surface area (Å²) < 4.78 is 5.49. The van der Waals surface area contributed by atoms with Gasteiger partial charge >= 0.3 is 5.97 Å². The van der Waals surface area contributed by atoms with Gasteiger partial charge in [-0.3, -0.25) is 4.79 Å². The molecule has 0 N–H and O–H groups in total. The summed E-state index contributed by atoms with van der Waals surface area (Å²) in [5.74, 6) is 5.71. The third-order valence-electron chi connectivity index (χ3n) is 4.81. The highest BCUT2D eigenvalue weighted by Crippen LogP contribution is 2.27. The monoisotopic (exact) mass is 396 g/mol. The Labute approximate surface area is 177 Å². The van der Waals surface area contributed by atoms with Gasteiger partial charge < -0.3 is 4.74 Å². The zero-order valence-corrected chi connectivity index (χ0v) is 17.7. The van der Waals surface area contributed by atoms with Gasteiger partial charge in [0.15, 0.2) is 5.78 Å². The van der Waals surface area contributed by atoms with Gasteiger partial charge in [-0.1, -0.05) is 68.3 Å². The van der Waals surface area contributed by atoms with Gasteiger partial charge in [-0.2, -0.15) is 0 Å². The van der Waals surface area contributed by atoms with Crippen LogP contribution in [0, 0.1) is 18.8 Å². The molecule has 0 bridgehead atoms. The predicted octanol–water partition coefficient (Wildman–Crippen LogP) is 5.95. The molecule has 0 saturated heterocycles. The minimum atomic E-state index is -0.577. The van der Waals surface area contributed by atoms with E-state index < -0.39 is 5.97 Å². The molecule has 0 saturated carbocycles. The van der Waals surface area contributed by atoms with Crippen LogP contribution in [0.5, 0.6) is 5.75 Å². The Morgan fingerprint density at radius 3 is 2.03 bits per heavy atom. The van der Waals surface area contributed by atoms with Gasteiger partial charge in [0.2, 0.25) is 0 Å². The van der Waals surface area contributed by atoms with Crippen molar-refractivity contribution in [2.75, 3.05) is 0 Å². The summed E-state index contributed by atoms with van der Waals surface area (Å²) in [7, 11) is 0. The van der Waals surface area contributed by atoms with Crippen molar-refractivity contribution >= 4 is 11.8 Å². The fourth-order valence-electron chi connectivity index (χ4n) is 3.10. The van der Waals surface area contributed by atoms with Crippen molar-refractivity contribution in [2.45, 2.75) is 33.6 Å². The van der Waals surface area contributed by atoms with Gasteiger partial charge in [-0.05, 0) is 60.2 Å². The lowest BCUT2D eigenvalue weighted by molar-refractivity contribution is -0.128. The quantitative estimate of drug-likeness (QED) is 0.237. The van der Waals surface area contributed by atoms with E-state index in [1.165, 1.54) is 0 Å². The lowest BCUT2D eigenvalue weighted by Gasteiger charge is -2.12. The van der Waals surface area contributed by atoms with Crippen LogP contribution in [0.15, 0.2) is 66.7 Å². The lowest BCUT2D eigenvalue weighted by Crippen LogP contribution is -2.07. The standard InChI is InChI=1S/C27H24O3/c1-18(2)25-15-5-19(3)17-26(25)30-27(29)16-8-21-6-9-23(10-7-21)24-13-11-22(12-14-24)20(4)28/h5-7,9-15,17-18H,1-4H3. The van der Waals surface area contributed by atoms with E-state index in [4.69, 9.17) is 4.74 Å². The van der Waals surface area contributed by atoms with Crippen molar-refractivity contribution in [3.05, 3.63) is 89.0 Å². The molecule has 0 aliphatic carbocycles. The first kappa shape index (κ1) is 21.1. The molecule has 3 heteroatoms. The van der Waals surface area contributed by atoms with Crippen LogP contribution in [0.4, 0.5) is 0 Å². The Kier molecular flexibility index (Phi) is 6.49. The Bertz CT molecular complexity index is 1130. The molecule has 3 aromatic rings. The molecule has 30 heavy (non-hydrogen) atoms. The molecule has 0 aromatic heterocycles.